The number of aryl methyl sites for hydroxylation is 1. The number of rotatable bonds is 1. The van der Waals surface area contributed by atoms with Crippen LogP contribution < -0.4 is 0 Å². The number of hydrogen-bond donors (Lipinski definition) is 0. The Labute approximate surface area is 129 Å². The predicted molar refractivity (Wildman–Crippen MR) is 84.4 cm³/mol. The average molecular weight is 397 g/mol. The van der Waals surface area contributed by atoms with Crippen molar-refractivity contribution in [2.75, 3.05) is 0 Å². The molecule has 0 spiro atoms. The highest BCUT2D eigenvalue weighted by molar-refractivity contribution is 14.1. The van der Waals surface area contributed by atoms with E-state index in [1.54, 1.807) is 0 Å². The summed E-state index contributed by atoms with van der Waals surface area (Å²) in [6, 6.07) is 9.93. The molecule has 0 bridgehead atoms. The molecule has 88 valence electrons. The molecule has 0 aromatic heterocycles. The Morgan fingerprint density at radius 3 is 2.12 bits per heavy atom. The molecule has 0 aliphatic heterocycles. The molecule has 0 atom stereocenters. The van der Waals surface area contributed by atoms with Gasteiger partial charge in [-0.3, -0.25) is 0 Å². The second kappa shape index (κ2) is 5.35. The van der Waals surface area contributed by atoms with Crippen molar-refractivity contribution in [3.05, 3.63) is 54.5 Å². The second-order valence-electron chi connectivity index (χ2n) is 3.71. The summed E-state index contributed by atoms with van der Waals surface area (Å²) < 4.78 is 1.17. The summed E-state index contributed by atoms with van der Waals surface area (Å²) in [5.41, 5.74) is 3.29. The topological polar surface area (TPSA) is 0 Å². The van der Waals surface area contributed by atoms with E-state index >= 15 is 0 Å². The van der Waals surface area contributed by atoms with Gasteiger partial charge < -0.3 is 0 Å². The Hall–Kier alpha value is 0.0400. The SMILES string of the molecule is Cc1ccc(I)cc1-c1cc(Cl)c(Cl)c(Cl)c1. The molecule has 4 heteroatoms. The van der Waals surface area contributed by atoms with Gasteiger partial charge in [-0.15, -0.1) is 0 Å². The van der Waals surface area contributed by atoms with Gasteiger partial charge in [0.2, 0.25) is 0 Å². The summed E-state index contributed by atoms with van der Waals surface area (Å²) in [5, 5.41) is 1.36. The van der Waals surface area contributed by atoms with Crippen molar-refractivity contribution < 1.29 is 0 Å². The standard InChI is InChI=1S/C13H8Cl3I/c1-7-2-3-9(17)6-10(7)8-4-11(14)13(16)12(15)5-8/h2-6H,1H3. The third-order valence-electron chi connectivity index (χ3n) is 2.49. The van der Waals surface area contributed by atoms with Crippen LogP contribution in [0.3, 0.4) is 0 Å². The maximum Gasteiger partial charge on any atom is 0.0778 e. The van der Waals surface area contributed by atoms with Crippen LogP contribution in [-0.4, -0.2) is 0 Å². The van der Waals surface area contributed by atoms with Gasteiger partial charge in [-0.25, -0.2) is 0 Å². The molecule has 0 nitrogen and oxygen atoms in total. The first-order valence-electron chi connectivity index (χ1n) is 4.90. The largest absolute Gasteiger partial charge is 0.0826 e. The highest BCUT2D eigenvalue weighted by Gasteiger charge is 2.09. The molecule has 2 aromatic rings. The van der Waals surface area contributed by atoms with Crippen molar-refractivity contribution in [1.29, 1.82) is 0 Å². The molecule has 17 heavy (non-hydrogen) atoms. The van der Waals surface area contributed by atoms with Crippen LogP contribution in [0.2, 0.25) is 15.1 Å². The minimum atomic E-state index is 0.403. The zero-order chi connectivity index (χ0) is 12.6. The molecule has 0 saturated heterocycles. The predicted octanol–water partition coefficient (Wildman–Crippen LogP) is 6.23. The third-order valence-corrected chi connectivity index (χ3v) is 4.36. The summed E-state index contributed by atoms with van der Waals surface area (Å²) >= 11 is 20.3. The fourth-order valence-corrected chi connectivity index (χ4v) is 2.70. The van der Waals surface area contributed by atoms with Crippen molar-refractivity contribution in [3.8, 4) is 11.1 Å². The van der Waals surface area contributed by atoms with E-state index in [1.807, 2.05) is 12.1 Å². The molecule has 0 aliphatic carbocycles. The molecular weight excluding hydrogens is 389 g/mol. The van der Waals surface area contributed by atoms with Crippen LogP contribution in [0.5, 0.6) is 0 Å². The minimum Gasteiger partial charge on any atom is -0.0826 e. The van der Waals surface area contributed by atoms with Crippen molar-refractivity contribution in [1.82, 2.24) is 0 Å². The Balaban J connectivity index is 2.64. The van der Waals surface area contributed by atoms with Gasteiger partial charge in [-0.05, 0) is 70.5 Å². The summed E-state index contributed by atoms with van der Waals surface area (Å²) in [4.78, 5) is 0. The lowest BCUT2D eigenvalue weighted by Gasteiger charge is -2.09. The Morgan fingerprint density at radius 2 is 1.53 bits per heavy atom. The van der Waals surface area contributed by atoms with Gasteiger partial charge in [0.25, 0.3) is 0 Å². The molecule has 0 N–H and O–H groups in total. The van der Waals surface area contributed by atoms with E-state index in [1.165, 1.54) is 9.13 Å². The van der Waals surface area contributed by atoms with Gasteiger partial charge in [-0.1, -0.05) is 40.9 Å². The number of benzene rings is 2. The van der Waals surface area contributed by atoms with Crippen LogP contribution >= 0.6 is 57.4 Å². The van der Waals surface area contributed by atoms with Gasteiger partial charge in [0.1, 0.15) is 0 Å². The van der Waals surface area contributed by atoms with E-state index in [2.05, 4.69) is 47.7 Å². The summed E-state index contributed by atoms with van der Waals surface area (Å²) in [6.45, 7) is 2.06. The Morgan fingerprint density at radius 1 is 0.941 bits per heavy atom. The van der Waals surface area contributed by atoms with Gasteiger partial charge in [-0.2, -0.15) is 0 Å². The van der Waals surface area contributed by atoms with Gasteiger partial charge >= 0.3 is 0 Å². The minimum absolute atomic E-state index is 0.403. The molecule has 0 saturated carbocycles. The number of hydrogen-bond acceptors (Lipinski definition) is 0. The van der Waals surface area contributed by atoms with Crippen LogP contribution in [-0.2, 0) is 0 Å². The van der Waals surface area contributed by atoms with Crippen LogP contribution in [0.1, 0.15) is 5.56 Å². The molecule has 0 radical (unpaired) electrons. The van der Waals surface area contributed by atoms with E-state index in [4.69, 9.17) is 34.8 Å². The summed E-state index contributed by atoms with van der Waals surface area (Å²) in [6.07, 6.45) is 0. The molecule has 0 amide bonds. The van der Waals surface area contributed by atoms with Crippen LogP contribution in [0.4, 0.5) is 0 Å². The third kappa shape index (κ3) is 2.90. The second-order valence-corrected chi connectivity index (χ2v) is 6.15. The van der Waals surface area contributed by atoms with Crippen molar-refractivity contribution in [2.24, 2.45) is 0 Å². The molecule has 0 unspecified atom stereocenters. The fraction of sp³-hybridized carbons (Fsp3) is 0.0769. The quantitative estimate of drug-likeness (QED) is 0.395. The van der Waals surface area contributed by atoms with E-state index in [0.29, 0.717) is 15.1 Å². The van der Waals surface area contributed by atoms with Crippen LogP contribution in [0.25, 0.3) is 11.1 Å². The molecule has 0 fully saturated rings. The first-order valence-corrected chi connectivity index (χ1v) is 7.11. The van der Waals surface area contributed by atoms with Gasteiger partial charge in [0.05, 0.1) is 15.1 Å². The maximum atomic E-state index is 6.04. The lowest BCUT2D eigenvalue weighted by Crippen LogP contribution is -1.86. The average Bonchev–Trinajstić information content (AvgIpc) is 2.28. The fourth-order valence-electron chi connectivity index (χ4n) is 1.62. The smallest absolute Gasteiger partial charge is 0.0778 e. The first kappa shape index (κ1) is 13.5. The maximum absolute atomic E-state index is 6.04. The van der Waals surface area contributed by atoms with E-state index in [9.17, 15) is 0 Å². The lowest BCUT2D eigenvalue weighted by molar-refractivity contribution is 1.44. The first-order chi connectivity index (χ1) is 7.99. The lowest BCUT2D eigenvalue weighted by atomic mass is 10.0. The summed E-state index contributed by atoms with van der Waals surface area (Å²) in [7, 11) is 0. The summed E-state index contributed by atoms with van der Waals surface area (Å²) in [5.74, 6) is 0. The van der Waals surface area contributed by atoms with Crippen molar-refractivity contribution >= 4 is 57.4 Å². The zero-order valence-electron chi connectivity index (χ0n) is 8.90. The molecule has 2 aromatic carbocycles. The van der Waals surface area contributed by atoms with Crippen molar-refractivity contribution in [3.63, 3.8) is 0 Å². The van der Waals surface area contributed by atoms with E-state index in [0.717, 1.165) is 11.1 Å². The van der Waals surface area contributed by atoms with Gasteiger partial charge in [0, 0.05) is 3.57 Å². The molecular formula is C13H8Cl3I. The highest BCUT2D eigenvalue weighted by atomic mass is 127. The normalized spacial score (nSPS) is 10.6. The zero-order valence-corrected chi connectivity index (χ0v) is 13.3. The molecule has 0 aliphatic rings. The monoisotopic (exact) mass is 396 g/mol. The Kier molecular flexibility index (Phi) is 4.24. The Bertz CT molecular complexity index is 556. The van der Waals surface area contributed by atoms with E-state index in [-0.39, 0.29) is 0 Å². The van der Waals surface area contributed by atoms with Gasteiger partial charge in [0.15, 0.2) is 0 Å². The highest BCUT2D eigenvalue weighted by Crippen LogP contribution is 2.36. The van der Waals surface area contributed by atoms with Crippen molar-refractivity contribution in [2.45, 2.75) is 6.92 Å². The number of halogens is 4. The van der Waals surface area contributed by atoms with E-state index < -0.39 is 0 Å². The van der Waals surface area contributed by atoms with Crippen LogP contribution in [0, 0.1) is 10.5 Å². The molecule has 2 rings (SSSR count). The molecule has 0 heterocycles. The van der Waals surface area contributed by atoms with Crippen LogP contribution in [0.15, 0.2) is 30.3 Å².